The van der Waals surface area contributed by atoms with Gasteiger partial charge in [0, 0.05) is 17.1 Å². The van der Waals surface area contributed by atoms with E-state index in [1.807, 2.05) is 38.2 Å². The number of hydrogen-bond acceptors (Lipinski definition) is 4. The van der Waals surface area contributed by atoms with Crippen molar-refractivity contribution in [3.05, 3.63) is 36.0 Å². The molecule has 5 nitrogen and oxygen atoms in total. The average molecular weight is 274 g/mol. The van der Waals surface area contributed by atoms with Gasteiger partial charge in [-0.15, -0.1) is 0 Å². The van der Waals surface area contributed by atoms with Gasteiger partial charge >= 0.3 is 0 Å². The molecule has 3 heterocycles. The highest BCUT2D eigenvalue weighted by atomic mass is 16.8. The van der Waals surface area contributed by atoms with Gasteiger partial charge in [-0.05, 0) is 25.5 Å². The van der Waals surface area contributed by atoms with Crippen LogP contribution in [0.25, 0.3) is 10.9 Å². The quantitative estimate of drug-likeness (QED) is 0.838. The standard InChI is InChI=1S/C15H18N2O3/c1-15(2)19-12-8-17(18)13(14(12)20-15)10-7-16-11-6-4-3-5-9(10)11/h3-7,12-14,16,18H,8H2,1-2H3/t12-,13+,14-/m1/s1. The fourth-order valence-electron chi connectivity index (χ4n) is 3.42. The van der Waals surface area contributed by atoms with Gasteiger partial charge in [0.2, 0.25) is 0 Å². The van der Waals surface area contributed by atoms with Gasteiger partial charge in [0.1, 0.15) is 12.2 Å². The van der Waals surface area contributed by atoms with Crippen LogP contribution in [0.1, 0.15) is 25.5 Å². The second kappa shape index (κ2) is 4.05. The van der Waals surface area contributed by atoms with Gasteiger partial charge in [0.15, 0.2) is 5.79 Å². The summed E-state index contributed by atoms with van der Waals surface area (Å²) in [6.07, 6.45) is 1.72. The normalized spacial score (nSPS) is 32.9. The van der Waals surface area contributed by atoms with Crippen LogP contribution >= 0.6 is 0 Å². The molecular formula is C15H18N2O3. The van der Waals surface area contributed by atoms with Crippen molar-refractivity contribution in [2.75, 3.05) is 6.54 Å². The number of rotatable bonds is 1. The van der Waals surface area contributed by atoms with Crippen molar-refractivity contribution in [2.24, 2.45) is 0 Å². The molecule has 0 bridgehead atoms. The number of nitrogens with zero attached hydrogens (tertiary/aromatic N) is 1. The first-order valence-corrected chi connectivity index (χ1v) is 6.92. The van der Waals surface area contributed by atoms with Crippen LogP contribution in [0.15, 0.2) is 30.5 Å². The molecule has 1 aromatic heterocycles. The molecule has 0 unspecified atom stereocenters. The fraction of sp³-hybridized carbons (Fsp3) is 0.467. The second-order valence-electron chi connectivity index (χ2n) is 6.00. The van der Waals surface area contributed by atoms with E-state index in [9.17, 15) is 5.21 Å². The number of aromatic nitrogens is 1. The summed E-state index contributed by atoms with van der Waals surface area (Å²) >= 11 is 0. The lowest BCUT2D eigenvalue weighted by Gasteiger charge is -2.25. The van der Waals surface area contributed by atoms with Crippen LogP contribution < -0.4 is 0 Å². The minimum absolute atomic E-state index is 0.0892. The molecule has 0 saturated carbocycles. The highest BCUT2D eigenvalue weighted by Crippen LogP contribution is 2.44. The van der Waals surface area contributed by atoms with Gasteiger partial charge < -0.3 is 19.7 Å². The molecule has 4 rings (SSSR count). The van der Waals surface area contributed by atoms with Gasteiger partial charge in [0.25, 0.3) is 0 Å². The summed E-state index contributed by atoms with van der Waals surface area (Å²) in [5.74, 6) is -0.582. The smallest absolute Gasteiger partial charge is 0.163 e. The Morgan fingerprint density at radius 1 is 1.30 bits per heavy atom. The van der Waals surface area contributed by atoms with Gasteiger partial charge in [0.05, 0.1) is 12.6 Å². The summed E-state index contributed by atoms with van der Waals surface area (Å²) in [6, 6.07) is 7.89. The lowest BCUT2D eigenvalue weighted by Crippen LogP contribution is -2.30. The van der Waals surface area contributed by atoms with Crippen LogP contribution in [0, 0.1) is 0 Å². The van der Waals surface area contributed by atoms with E-state index >= 15 is 0 Å². The first kappa shape index (κ1) is 12.3. The van der Waals surface area contributed by atoms with E-state index in [1.54, 1.807) is 0 Å². The van der Waals surface area contributed by atoms with Crippen molar-refractivity contribution in [3.63, 3.8) is 0 Å². The fourth-order valence-corrected chi connectivity index (χ4v) is 3.42. The summed E-state index contributed by atoms with van der Waals surface area (Å²) < 4.78 is 11.8. The van der Waals surface area contributed by atoms with Crippen molar-refractivity contribution in [3.8, 4) is 0 Å². The Hall–Kier alpha value is -1.40. The molecule has 2 saturated heterocycles. The summed E-state index contributed by atoms with van der Waals surface area (Å²) in [4.78, 5) is 3.25. The van der Waals surface area contributed by atoms with Crippen LogP contribution in [-0.4, -0.2) is 39.8 Å². The topological polar surface area (TPSA) is 57.7 Å². The molecule has 1 aromatic carbocycles. The summed E-state index contributed by atoms with van der Waals surface area (Å²) in [6.45, 7) is 4.30. The largest absolute Gasteiger partial charge is 0.361 e. The Bertz CT molecular complexity index is 651. The first-order chi connectivity index (χ1) is 9.55. The summed E-state index contributed by atoms with van der Waals surface area (Å²) in [5.41, 5.74) is 2.12. The number of fused-ring (bicyclic) bond motifs is 2. The van der Waals surface area contributed by atoms with E-state index in [0.717, 1.165) is 16.5 Å². The maximum absolute atomic E-state index is 10.3. The van der Waals surface area contributed by atoms with Gasteiger partial charge in [-0.3, -0.25) is 0 Å². The van der Waals surface area contributed by atoms with Crippen LogP contribution in [0.3, 0.4) is 0 Å². The van der Waals surface area contributed by atoms with Crippen LogP contribution in [0.4, 0.5) is 0 Å². The first-order valence-electron chi connectivity index (χ1n) is 6.92. The molecule has 2 fully saturated rings. The molecule has 5 heteroatoms. The number of hydrogen-bond donors (Lipinski definition) is 2. The highest BCUT2D eigenvalue weighted by molar-refractivity contribution is 5.83. The number of nitrogens with one attached hydrogen (secondary N) is 1. The monoisotopic (exact) mass is 274 g/mol. The van der Waals surface area contributed by atoms with Crippen molar-refractivity contribution >= 4 is 10.9 Å². The number of aromatic amines is 1. The van der Waals surface area contributed by atoms with E-state index in [2.05, 4.69) is 11.1 Å². The molecule has 3 atom stereocenters. The second-order valence-corrected chi connectivity index (χ2v) is 6.00. The molecule has 2 aromatic rings. The van der Waals surface area contributed by atoms with Crippen molar-refractivity contribution < 1.29 is 14.7 Å². The van der Waals surface area contributed by atoms with Crippen molar-refractivity contribution in [1.29, 1.82) is 0 Å². The lowest BCUT2D eigenvalue weighted by atomic mass is 10.0. The minimum atomic E-state index is -0.582. The third-order valence-electron chi connectivity index (χ3n) is 4.16. The van der Waals surface area contributed by atoms with E-state index < -0.39 is 5.79 Å². The third-order valence-corrected chi connectivity index (χ3v) is 4.16. The zero-order valence-electron chi connectivity index (χ0n) is 11.5. The highest BCUT2D eigenvalue weighted by Gasteiger charge is 2.53. The van der Waals surface area contributed by atoms with E-state index in [0.29, 0.717) is 6.54 Å². The van der Waals surface area contributed by atoms with Crippen LogP contribution in [0.5, 0.6) is 0 Å². The molecule has 0 radical (unpaired) electrons. The van der Waals surface area contributed by atoms with Crippen LogP contribution in [-0.2, 0) is 9.47 Å². The number of hydroxylamine groups is 2. The molecular weight excluding hydrogens is 256 g/mol. The maximum Gasteiger partial charge on any atom is 0.163 e. The number of benzene rings is 1. The Kier molecular flexibility index (Phi) is 2.50. The van der Waals surface area contributed by atoms with Crippen molar-refractivity contribution in [1.82, 2.24) is 10.0 Å². The minimum Gasteiger partial charge on any atom is -0.361 e. The zero-order valence-corrected chi connectivity index (χ0v) is 11.5. The Balaban J connectivity index is 1.77. The molecule has 2 aliphatic heterocycles. The lowest BCUT2D eigenvalue weighted by molar-refractivity contribution is -0.198. The molecule has 20 heavy (non-hydrogen) atoms. The predicted octanol–water partition coefficient (Wildman–Crippen LogP) is 2.43. The Morgan fingerprint density at radius 3 is 2.95 bits per heavy atom. The van der Waals surface area contributed by atoms with Gasteiger partial charge in [-0.25, -0.2) is 0 Å². The van der Waals surface area contributed by atoms with Gasteiger partial charge in [-0.2, -0.15) is 5.06 Å². The summed E-state index contributed by atoms with van der Waals surface area (Å²) in [5, 5.41) is 12.7. The third kappa shape index (κ3) is 1.71. The van der Waals surface area contributed by atoms with Gasteiger partial charge in [-0.1, -0.05) is 18.2 Å². The molecule has 0 aliphatic carbocycles. The van der Waals surface area contributed by atoms with E-state index in [4.69, 9.17) is 9.47 Å². The average Bonchev–Trinajstić information content (AvgIpc) is 2.99. The molecule has 106 valence electrons. The van der Waals surface area contributed by atoms with E-state index in [-0.39, 0.29) is 18.2 Å². The molecule has 2 N–H and O–H groups in total. The number of para-hydroxylation sites is 1. The van der Waals surface area contributed by atoms with Crippen molar-refractivity contribution in [2.45, 2.75) is 37.9 Å². The van der Waals surface area contributed by atoms with Crippen LogP contribution in [0.2, 0.25) is 0 Å². The zero-order chi connectivity index (χ0) is 13.9. The molecule has 0 spiro atoms. The molecule has 2 aliphatic rings. The molecule has 0 amide bonds. The van der Waals surface area contributed by atoms with E-state index in [1.165, 1.54) is 5.06 Å². The number of ether oxygens (including phenoxy) is 2. The number of H-pyrrole nitrogens is 1. The SMILES string of the molecule is CC1(C)O[C@@H]2[C@@H](CN(O)[C@H]2c2c[nH]c3ccccc23)O1. The maximum atomic E-state index is 10.3. The Morgan fingerprint density at radius 2 is 2.10 bits per heavy atom. The Labute approximate surface area is 117 Å². The summed E-state index contributed by atoms with van der Waals surface area (Å²) in [7, 11) is 0. The predicted molar refractivity (Wildman–Crippen MR) is 73.4 cm³/mol.